The van der Waals surface area contributed by atoms with E-state index in [0.717, 1.165) is 15.9 Å². The van der Waals surface area contributed by atoms with Crippen LogP contribution in [0.4, 0.5) is 4.39 Å². The van der Waals surface area contributed by atoms with Gasteiger partial charge in [0.2, 0.25) is 0 Å². The van der Waals surface area contributed by atoms with Gasteiger partial charge in [0, 0.05) is 25.8 Å². The number of hydrogen-bond acceptors (Lipinski definition) is 2. The summed E-state index contributed by atoms with van der Waals surface area (Å²) in [7, 11) is 0. The lowest BCUT2D eigenvalue weighted by molar-refractivity contribution is 0.607. The second-order valence-electron chi connectivity index (χ2n) is 4.11. The highest BCUT2D eigenvalue weighted by Crippen LogP contribution is 2.33. The summed E-state index contributed by atoms with van der Waals surface area (Å²) in [6, 6.07) is 9.54. The van der Waals surface area contributed by atoms with Crippen molar-refractivity contribution in [2.24, 2.45) is 0 Å². The topological polar surface area (TPSA) is 12.0 Å². The van der Waals surface area contributed by atoms with Gasteiger partial charge in [-0.05, 0) is 43.8 Å². The SMILES string of the molecule is CCNC(C)c1ccc(-c2ccc(Br)cc2F)s1. The third-order valence-corrected chi connectivity index (χ3v) is 4.55. The maximum absolute atomic E-state index is 13.9. The Morgan fingerprint density at radius 1 is 1.33 bits per heavy atom. The standard InChI is InChI=1S/C14H15BrFNS/c1-3-17-9(2)13-6-7-14(18-13)11-5-4-10(15)8-12(11)16/h4-9,17H,3H2,1-2H3. The number of benzene rings is 1. The van der Waals surface area contributed by atoms with Crippen molar-refractivity contribution in [2.75, 3.05) is 6.54 Å². The summed E-state index contributed by atoms with van der Waals surface area (Å²) in [6.45, 7) is 5.14. The average molecular weight is 328 g/mol. The fourth-order valence-electron chi connectivity index (χ4n) is 1.83. The second kappa shape index (κ2) is 5.95. The van der Waals surface area contributed by atoms with Gasteiger partial charge in [0.1, 0.15) is 5.82 Å². The molecule has 96 valence electrons. The van der Waals surface area contributed by atoms with Crippen LogP contribution in [0.1, 0.15) is 24.8 Å². The summed E-state index contributed by atoms with van der Waals surface area (Å²) in [5.74, 6) is -0.186. The first-order valence-electron chi connectivity index (χ1n) is 5.90. The first-order valence-corrected chi connectivity index (χ1v) is 7.51. The summed E-state index contributed by atoms with van der Waals surface area (Å²) in [5, 5.41) is 3.36. The lowest BCUT2D eigenvalue weighted by Crippen LogP contribution is -2.16. The number of halogens is 2. The molecule has 0 aliphatic heterocycles. The van der Waals surface area contributed by atoms with E-state index in [2.05, 4.69) is 41.2 Å². The molecular weight excluding hydrogens is 313 g/mol. The van der Waals surface area contributed by atoms with Crippen LogP contribution in [0.5, 0.6) is 0 Å². The van der Waals surface area contributed by atoms with Crippen molar-refractivity contribution in [2.45, 2.75) is 19.9 Å². The number of nitrogens with one attached hydrogen (secondary N) is 1. The Balaban J connectivity index is 2.29. The molecule has 0 spiro atoms. The Morgan fingerprint density at radius 3 is 2.78 bits per heavy atom. The smallest absolute Gasteiger partial charge is 0.132 e. The minimum Gasteiger partial charge on any atom is -0.310 e. The zero-order valence-electron chi connectivity index (χ0n) is 10.3. The highest BCUT2D eigenvalue weighted by atomic mass is 79.9. The van der Waals surface area contributed by atoms with Gasteiger partial charge in [-0.3, -0.25) is 0 Å². The Labute approximate surface area is 119 Å². The van der Waals surface area contributed by atoms with Gasteiger partial charge in [0.25, 0.3) is 0 Å². The van der Waals surface area contributed by atoms with Gasteiger partial charge in [-0.2, -0.15) is 0 Å². The molecular formula is C14H15BrFNS. The number of thiophene rings is 1. The van der Waals surface area contributed by atoms with Crippen LogP contribution in [0.25, 0.3) is 10.4 Å². The molecule has 1 N–H and O–H groups in total. The minimum atomic E-state index is -0.186. The Kier molecular flexibility index (Phi) is 4.54. The number of rotatable bonds is 4. The molecule has 18 heavy (non-hydrogen) atoms. The molecule has 1 unspecified atom stereocenters. The molecule has 0 saturated carbocycles. The van der Waals surface area contributed by atoms with Crippen molar-refractivity contribution in [1.29, 1.82) is 0 Å². The van der Waals surface area contributed by atoms with Crippen molar-refractivity contribution in [3.63, 3.8) is 0 Å². The van der Waals surface area contributed by atoms with Gasteiger partial charge in [0.15, 0.2) is 0 Å². The zero-order valence-corrected chi connectivity index (χ0v) is 12.7. The molecule has 1 heterocycles. The van der Waals surface area contributed by atoms with Crippen LogP contribution in [0.15, 0.2) is 34.8 Å². The highest BCUT2D eigenvalue weighted by Gasteiger charge is 2.11. The lowest BCUT2D eigenvalue weighted by atomic mass is 10.2. The molecule has 2 rings (SSSR count). The Morgan fingerprint density at radius 2 is 2.11 bits per heavy atom. The summed E-state index contributed by atoms with van der Waals surface area (Å²) >= 11 is 4.91. The average Bonchev–Trinajstić information content (AvgIpc) is 2.78. The van der Waals surface area contributed by atoms with Gasteiger partial charge in [-0.25, -0.2) is 4.39 Å². The van der Waals surface area contributed by atoms with E-state index in [0.29, 0.717) is 11.6 Å². The minimum absolute atomic E-state index is 0.186. The fraction of sp³-hybridized carbons (Fsp3) is 0.286. The zero-order chi connectivity index (χ0) is 13.1. The molecule has 0 bridgehead atoms. The van der Waals surface area contributed by atoms with E-state index in [-0.39, 0.29) is 5.82 Å². The van der Waals surface area contributed by atoms with Crippen LogP contribution in [0.3, 0.4) is 0 Å². The van der Waals surface area contributed by atoms with Crippen molar-refractivity contribution in [1.82, 2.24) is 5.32 Å². The number of hydrogen-bond donors (Lipinski definition) is 1. The fourth-order valence-corrected chi connectivity index (χ4v) is 3.22. The molecule has 0 saturated heterocycles. The molecule has 1 nitrogen and oxygen atoms in total. The third kappa shape index (κ3) is 2.99. The van der Waals surface area contributed by atoms with E-state index < -0.39 is 0 Å². The second-order valence-corrected chi connectivity index (χ2v) is 6.14. The van der Waals surface area contributed by atoms with Gasteiger partial charge in [0.05, 0.1) is 0 Å². The van der Waals surface area contributed by atoms with Gasteiger partial charge < -0.3 is 5.32 Å². The molecule has 1 aromatic heterocycles. The van der Waals surface area contributed by atoms with Crippen molar-refractivity contribution >= 4 is 27.3 Å². The maximum atomic E-state index is 13.9. The molecule has 1 aromatic carbocycles. The summed E-state index contributed by atoms with van der Waals surface area (Å²) in [4.78, 5) is 2.20. The molecule has 0 aliphatic rings. The largest absolute Gasteiger partial charge is 0.310 e. The highest BCUT2D eigenvalue weighted by molar-refractivity contribution is 9.10. The molecule has 4 heteroatoms. The predicted molar refractivity (Wildman–Crippen MR) is 79.5 cm³/mol. The van der Waals surface area contributed by atoms with Crippen molar-refractivity contribution in [3.05, 3.63) is 45.5 Å². The van der Waals surface area contributed by atoms with Crippen LogP contribution in [-0.2, 0) is 0 Å². The predicted octanol–water partition coefficient (Wildman–Crippen LogP) is 4.99. The molecule has 0 fully saturated rings. The maximum Gasteiger partial charge on any atom is 0.132 e. The Hall–Kier alpha value is -0.710. The van der Waals surface area contributed by atoms with Crippen molar-refractivity contribution in [3.8, 4) is 10.4 Å². The summed E-state index contributed by atoms with van der Waals surface area (Å²) < 4.78 is 14.6. The van der Waals surface area contributed by atoms with E-state index in [1.165, 1.54) is 10.9 Å². The van der Waals surface area contributed by atoms with Crippen LogP contribution < -0.4 is 5.32 Å². The van der Waals surface area contributed by atoms with E-state index in [1.807, 2.05) is 18.2 Å². The van der Waals surface area contributed by atoms with Gasteiger partial charge in [-0.1, -0.05) is 22.9 Å². The van der Waals surface area contributed by atoms with E-state index in [9.17, 15) is 4.39 Å². The van der Waals surface area contributed by atoms with Crippen LogP contribution in [0, 0.1) is 5.82 Å². The molecule has 0 radical (unpaired) electrons. The molecule has 2 aromatic rings. The Bertz CT molecular complexity index is 538. The van der Waals surface area contributed by atoms with Gasteiger partial charge in [-0.15, -0.1) is 11.3 Å². The summed E-state index contributed by atoms with van der Waals surface area (Å²) in [5.41, 5.74) is 0.665. The molecule has 1 atom stereocenters. The van der Waals surface area contributed by atoms with E-state index in [1.54, 1.807) is 11.3 Å². The first kappa shape index (κ1) is 13.7. The third-order valence-electron chi connectivity index (χ3n) is 2.76. The molecule has 0 amide bonds. The van der Waals surface area contributed by atoms with Crippen LogP contribution in [0.2, 0.25) is 0 Å². The van der Waals surface area contributed by atoms with E-state index >= 15 is 0 Å². The normalized spacial score (nSPS) is 12.7. The quantitative estimate of drug-likeness (QED) is 0.834. The summed E-state index contributed by atoms with van der Waals surface area (Å²) in [6.07, 6.45) is 0. The lowest BCUT2D eigenvalue weighted by Gasteiger charge is -2.09. The van der Waals surface area contributed by atoms with Crippen LogP contribution in [-0.4, -0.2) is 6.54 Å². The van der Waals surface area contributed by atoms with Gasteiger partial charge >= 0.3 is 0 Å². The monoisotopic (exact) mass is 327 g/mol. The van der Waals surface area contributed by atoms with Crippen molar-refractivity contribution < 1.29 is 4.39 Å². The first-order chi connectivity index (χ1) is 8.61. The molecule has 0 aliphatic carbocycles. The van der Waals surface area contributed by atoms with Crippen LogP contribution >= 0.6 is 27.3 Å². The van der Waals surface area contributed by atoms with E-state index in [4.69, 9.17) is 0 Å².